The van der Waals surface area contributed by atoms with E-state index in [0.29, 0.717) is 24.9 Å². The zero-order valence-corrected chi connectivity index (χ0v) is 10.7. The lowest BCUT2D eigenvalue weighted by Gasteiger charge is -2.22. The first-order valence-corrected chi connectivity index (χ1v) is 6.82. The van der Waals surface area contributed by atoms with Crippen molar-refractivity contribution in [2.24, 2.45) is 5.92 Å². The second kappa shape index (κ2) is 4.72. The van der Waals surface area contributed by atoms with Gasteiger partial charge in [0.15, 0.2) is 0 Å². The van der Waals surface area contributed by atoms with Crippen molar-refractivity contribution in [3.8, 4) is 0 Å². The van der Waals surface area contributed by atoms with Crippen molar-refractivity contribution in [1.29, 1.82) is 0 Å². The van der Waals surface area contributed by atoms with E-state index in [9.17, 15) is 4.79 Å². The Kier molecular flexibility index (Phi) is 3.07. The SMILES string of the molecule is CCCC1CC1NC(=O)C1Cc2nc[nH]c2CN1. The Morgan fingerprint density at radius 2 is 2.50 bits per heavy atom. The van der Waals surface area contributed by atoms with Gasteiger partial charge in [0.1, 0.15) is 0 Å². The van der Waals surface area contributed by atoms with Gasteiger partial charge in [-0.05, 0) is 18.8 Å². The van der Waals surface area contributed by atoms with Gasteiger partial charge in [-0.15, -0.1) is 0 Å². The lowest BCUT2D eigenvalue weighted by atomic mass is 10.0. The molecule has 2 aliphatic rings. The Balaban J connectivity index is 1.52. The van der Waals surface area contributed by atoms with Gasteiger partial charge < -0.3 is 10.3 Å². The highest BCUT2D eigenvalue weighted by Gasteiger charge is 2.38. The molecule has 1 saturated carbocycles. The van der Waals surface area contributed by atoms with E-state index in [-0.39, 0.29) is 11.9 Å². The number of carbonyl (C=O) groups is 1. The number of H-pyrrole nitrogens is 1. The van der Waals surface area contributed by atoms with Crippen molar-refractivity contribution in [2.75, 3.05) is 0 Å². The van der Waals surface area contributed by atoms with E-state index in [1.54, 1.807) is 6.33 Å². The van der Waals surface area contributed by atoms with Crippen LogP contribution in [0.3, 0.4) is 0 Å². The Morgan fingerprint density at radius 1 is 1.61 bits per heavy atom. The molecule has 2 heterocycles. The van der Waals surface area contributed by atoms with Gasteiger partial charge in [0.25, 0.3) is 0 Å². The highest BCUT2D eigenvalue weighted by molar-refractivity contribution is 5.82. The summed E-state index contributed by atoms with van der Waals surface area (Å²) in [6, 6.07) is 0.295. The zero-order valence-electron chi connectivity index (χ0n) is 10.7. The van der Waals surface area contributed by atoms with Crippen LogP contribution in [-0.2, 0) is 17.8 Å². The van der Waals surface area contributed by atoms with E-state index in [1.165, 1.54) is 12.8 Å². The number of hydrogen-bond donors (Lipinski definition) is 3. The van der Waals surface area contributed by atoms with Gasteiger partial charge in [0, 0.05) is 19.0 Å². The smallest absolute Gasteiger partial charge is 0.237 e. The second-order valence-electron chi connectivity index (χ2n) is 5.36. The molecule has 0 bridgehead atoms. The largest absolute Gasteiger partial charge is 0.352 e. The molecule has 0 radical (unpaired) electrons. The molecule has 18 heavy (non-hydrogen) atoms. The van der Waals surface area contributed by atoms with Crippen LogP contribution < -0.4 is 10.6 Å². The first-order valence-electron chi connectivity index (χ1n) is 6.82. The minimum absolute atomic E-state index is 0.122. The van der Waals surface area contributed by atoms with Crippen LogP contribution in [-0.4, -0.2) is 28.0 Å². The molecule has 0 saturated heterocycles. The lowest BCUT2D eigenvalue weighted by Crippen LogP contribution is -2.48. The second-order valence-corrected chi connectivity index (χ2v) is 5.36. The molecule has 5 heteroatoms. The van der Waals surface area contributed by atoms with Crippen molar-refractivity contribution in [1.82, 2.24) is 20.6 Å². The first-order chi connectivity index (χ1) is 8.78. The van der Waals surface area contributed by atoms with Gasteiger partial charge in [-0.1, -0.05) is 13.3 Å². The maximum atomic E-state index is 12.1. The van der Waals surface area contributed by atoms with Crippen LogP contribution in [0.2, 0.25) is 0 Å². The first kappa shape index (κ1) is 11.7. The fourth-order valence-corrected chi connectivity index (χ4v) is 2.75. The number of nitrogens with zero attached hydrogens (tertiary/aromatic N) is 1. The third-order valence-corrected chi connectivity index (χ3v) is 3.96. The van der Waals surface area contributed by atoms with Crippen LogP contribution in [0.1, 0.15) is 37.6 Å². The molecule has 1 aliphatic carbocycles. The maximum absolute atomic E-state index is 12.1. The van der Waals surface area contributed by atoms with E-state index >= 15 is 0 Å². The molecule has 1 fully saturated rings. The van der Waals surface area contributed by atoms with Gasteiger partial charge in [0.2, 0.25) is 5.91 Å². The van der Waals surface area contributed by atoms with Gasteiger partial charge >= 0.3 is 0 Å². The van der Waals surface area contributed by atoms with E-state index < -0.39 is 0 Å². The van der Waals surface area contributed by atoms with Crippen LogP contribution in [0, 0.1) is 5.92 Å². The number of aromatic amines is 1. The fraction of sp³-hybridized carbons (Fsp3) is 0.692. The van der Waals surface area contributed by atoms with Crippen LogP contribution >= 0.6 is 0 Å². The molecule has 98 valence electrons. The normalized spacial score (nSPS) is 29.7. The highest BCUT2D eigenvalue weighted by atomic mass is 16.2. The molecular weight excluding hydrogens is 228 g/mol. The molecule has 3 rings (SSSR count). The zero-order chi connectivity index (χ0) is 12.5. The summed E-state index contributed by atoms with van der Waals surface area (Å²) in [5.74, 6) is 0.843. The summed E-state index contributed by atoms with van der Waals surface area (Å²) in [5.41, 5.74) is 2.13. The fourth-order valence-electron chi connectivity index (χ4n) is 2.75. The lowest BCUT2D eigenvalue weighted by molar-refractivity contribution is -0.123. The molecule has 3 unspecified atom stereocenters. The number of rotatable bonds is 4. The van der Waals surface area contributed by atoms with E-state index in [1.807, 2.05) is 0 Å². The highest BCUT2D eigenvalue weighted by Crippen LogP contribution is 2.34. The molecule has 1 amide bonds. The summed E-state index contributed by atoms with van der Waals surface area (Å²) in [6.07, 6.45) is 5.97. The van der Waals surface area contributed by atoms with E-state index in [2.05, 4.69) is 27.5 Å². The molecular formula is C13H20N4O. The molecule has 5 nitrogen and oxygen atoms in total. The topological polar surface area (TPSA) is 69.8 Å². The Hall–Kier alpha value is -1.36. The summed E-state index contributed by atoms with van der Waals surface area (Å²) >= 11 is 0. The van der Waals surface area contributed by atoms with E-state index in [4.69, 9.17) is 0 Å². The number of nitrogens with one attached hydrogen (secondary N) is 3. The van der Waals surface area contributed by atoms with Crippen molar-refractivity contribution in [2.45, 2.75) is 51.2 Å². The van der Waals surface area contributed by atoms with Crippen LogP contribution in [0.5, 0.6) is 0 Å². The standard InChI is InChI=1S/C13H20N4O/c1-2-3-8-4-9(8)17-13(18)11-5-10-12(6-14-11)16-7-15-10/h7-9,11,14H,2-6H2,1H3,(H,15,16)(H,17,18). The molecule has 1 aromatic heterocycles. The molecule has 0 aromatic carbocycles. The molecule has 3 N–H and O–H groups in total. The Labute approximate surface area is 107 Å². The summed E-state index contributed by atoms with van der Waals surface area (Å²) in [4.78, 5) is 19.5. The number of aromatic nitrogens is 2. The van der Waals surface area contributed by atoms with Crippen molar-refractivity contribution in [3.63, 3.8) is 0 Å². The Bertz CT molecular complexity index is 442. The van der Waals surface area contributed by atoms with Crippen molar-refractivity contribution in [3.05, 3.63) is 17.7 Å². The number of imidazole rings is 1. The van der Waals surface area contributed by atoms with Gasteiger partial charge in [0.05, 0.1) is 23.8 Å². The molecule has 3 atom stereocenters. The van der Waals surface area contributed by atoms with Gasteiger partial charge in [-0.25, -0.2) is 4.98 Å². The third kappa shape index (κ3) is 2.27. The number of fused-ring (bicyclic) bond motifs is 1. The van der Waals surface area contributed by atoms with Gasteiger partial charge in [-0.2, -0.15) is 0 Å². The van der Waals surface area contributed by atoms with Crippen LogP contribution in [0.4, 0.5) is 0 Å². The quantitative estimate of drug-likeness (QED) is 0.735. The summed E-state index contributed by atoms with van der Waals surface area (Å²) in [5, 5.41) is 6.40. The predicted octanol–water partition coefficient (Wildman–Crippen LogP) is 0.729. The number of carbonyl (C=O) groups excluding carboxylic acids is 1. The minimum atomic E-state index is -0.122. The van der Waals surface area contributed by atoms with Crippen molar-refractivity contribution >= 4 is 5.91 Å². The molecule has 1 aromatic rings. The van der Waals surface area contributed by atoms with Gasteiger partial charge in [-0.3, -0.25) is 10.1 Å². The monoisotopic (exact) mass is 248 g/mol. The number of amides is 1. The molecule has 1 aliphatic heterocycles. The average Bonchev–Trinajstić information content (AvgIpc) is 2.92. The summed E-state index contributed by atoms with van der Waals surface area (Å²) in [6.45, 7) is 2.90. The minimum Gasteiger partial charge on any atom is -0.352 e. The van der Waals surface area contributed by atoms with Crippen LogP contribution in [0.25, 0.3) is 0 Å². The van der Waals surface area contributed by atoms with Crippen molar-refractivity contribution < 1.29 is 4.79 Å². The molecule has 0 spiro atoms. The summed E-state index contributed by atoms with van der Waals surface area (Å²) < 4.78 is 0. The average molecular weight is 248 g/mol. The third-order valence-electron chi connectivity index (χ3n) is 3.96. The Morgan fingerprint density at radius 3 is 3.33 bits per heavy atom. The van der Waals surface area contributed by atoms with Crippen LogP contribution in [0.15, 0.2) is 6.33 Å². The maximum Gasteiger partial charge on any atom is 0.237 e. The van der Waals surface area contributed by atoms with E-state index in [0.717, 1.165) is 17.8 Å². The predicted molar refractivity (Wildman–Crippen MR) is 67.9 cm³/mol. The summed E-state index contributed by atoms with van der Waals surface area (Å²) in [7, 11) is 0. The number of hydrogen-bond acceptors (Lipinski definition) is 3.